The molecule has 0 atom stereocenters. The predicted octanol–water partition coefficient (Wildman–Crippen LogP) is 4.69. The predicted molar refractivity (Wildman–Crippen MR) is 109 cm³/mol. The molecule has 2 aromatic carbocycles. The van der Waals surface area contributed by atoms with Crippen LogP contribution in [0.4, 0.5) is 9.93 Å². The number of amides is 2. The Labute approximate surface area is 163 Å². The molecular formula is C21H22N4OS. The van der Waals surface area contributed by atoms with Gasteiger partial charge in [0.15, 0.2) is 0 Å². The van der Waals surface area contributed by atoms with E-state index >= 15 is 0 Å². The van der Waals surface area contributed by atoms with Gasteiger partial charge in [0.2, 0.25) is 5.13 Å². The Hall–Kier alpha value is -2.73. The Bertz CT molecular complexity index is 873. The number of nitrogens with one attached hydrogen (secondary N) is 1. The van der Waals surface area contributed by atoms with Gasteiger partial charge in [0.1, 0.15) is 5.01 Å². The molecular weight excluding hydrogens is 356 g/mol. The van der Waals surface area contributed by atoms with Crippen LogP contribution in [0, 0.1) is 5.92 Å². The van der Waals surface area contributed by atoms with E-state index in [0.29, 0.717) is 11.0 Å². The first-order valence-electron chi connectivity index (χ1n) is 9.27. The van der Waals surface area contributed by atoms with Gasteiger partial charge < -0.3 is 4.90 Å². The molecule has 1 N–H and O–H groups in total. The van der Waals surface area contributed by atoms with Crippen LogP contribution in [0.2, 0.25) is 0 Å². The standard InChI is InChI=1S/C21H22N4OS/c26-21(22-20-24-23-19(27-20)18-9-5-2-6-10-18)25-13-11-17(12-14-25)15-16-7-3-1-4-8-16/h1-10,17H,11-15H2,(H,22,24,26). The first-order chi connectivity index (χ1) is 13.3. The highest BCUT2D eigenvalue weighted by Gasteiger charge is 2.23. The van der Waals surface area contributed by atoms with E-state index in [-0.39, 0.29) is 6.03 Å². The molecule has 0 spiro atoms. The van der Waals surface area contributed by atoms with Gasteiger partial charge in [-0.15, -0.1) is 10.2 Å². The molecule has 0 aliphatic carbocycles. The Balaban J connectivity index is 1.29. The number of benzene rings is 2. The number of hydrogen-bond donors (Lipinski definition) is 1. The maximum Gasteiger partial charge on any atom is 0.323 e. The summed E-state index contributed by atoms with van der Waals surface area (Å²) in [6.07, 6.45) is 3.16. The molecule has 0 unspecified atom stereocenters. The van der Waals surface area contributed by atoms with Crippen molar-refractivity contribution in [2.75, 3.05) is 18.4 Å². The zero-order valence-corrected chi connectivity index (χ0v) is 15.9. The van der Waals surface area contributed by atoms with Gasteiger partial charge in [0.25, 0.3) is 0 Å². The van der Waals surface area contributed by atoms with Gasteiger partial charge in [0, 0.05) is 18.7 Å². The normalized spacial score (nSPS) is 14.9. The van der Waals surface area contributed by atoms with Crippen molar-refractivity contribution < 1.29 is 4.79 Å². The number of carbonyl (C=O) groups excluding carboxylic acids is 1. The van der Waals surface area contributed by atoms with E-state index < -0.39 is 0 Å². The maximum absolute atomic E-state index is 12.5. The lowest BCUT2D eigenvalue weighted by Gasteiger charge is -2.31. The SMILES string of the molecule is O=C(Nc1nnc(-c2ccccc2)s1)N1CCC(Cc2ccccc2)CC1. The average Bonchev–Trinajstić information content (AvgIpc) is 3.18. The Morgan fingerprint density at radius 2 is 1.67 bits per heavy atom. The van der Waals surface area contributed by atoms with Crippen LogP contribution in [0.1, 0.15) is 18.4 Å². The maximum atomic E-state index is 12.5. The van der Waals surface area contributed by atoms with Crippen molar-refractivity contribution in [3.63, 3.8) is 0 Å². The number of urea groups is 1. The van der Waals surface area contributed by atoms with Gasteiger partial charge in [0.05, 0.1) is 0 Å². The number of carbonyl (C=O) groups is 1. The van der Waals surface area contributed by atoms with Gasteiger partial charge in [-0.05, 0) is 30.7 Å². The topological polar surface area (TPSA) is 58.1 Å². The third-order valence-electron chi connectivity index (χ3n) is 4.93. The fourth-order valence-electron chi connectivity index (χ4n) is 3.43. The molecule has 27 heavy (non-hydrogen) atoms. The molecule has 138 valence electrons. The van der Waals surface area contributed by atoms with Crippen molar-refractivity contribution in [1.82, 2.24) is 15.1 Å². The van der Waals surface area contributed by atoms with Crippen LogP contribution in [0.25, 0.3) is 10.6 Å². The second-order valence-corrected chi connectivity index (χ2v) is 7.81. The summed E-state index contributed by atoms with van der Waals surface area (Å²) in [7, 11) is 0. The molecule has 0 bridgehead atoms. The molecule has 3 aromatic rings. The molecule has 2 heterocycles. The molecule has 1 saturated heterocycles. The van der Waals surface area contributed by atoms with Crippen molar-refractivity contribution in [2.24, 2.45) is 5.92 Å². The lowest BCUT2D eigenvalue weighted by atomic mass is 9.90. The molecule has 1 aliphatic rings. The molecule has 1 fully saturated rings. The monoisotopic (exact) mass is 378 g/mol. The summed E-state index contributed by atoms with van der Waals surface area (Å²) in [6.45, 7) is 1.57. The second kappa shape index (κ2) is 8.31. The number of hydrogen-bond acceptors (Lipinski definition) is 4. The van der Waals surface area contributed by atoms with Crippen molar-refractivity contribution in [3.05, 3.63) is 66.2 Å². The number of piperidine rings is 1. The fourth-order valence-corrected chi connectivity index (χ4v) is 4.17. The molecule has 1 aromatic heterocycles. The zero-order chi connectivity index (χ0) is 18.5. The third-order valence-corrected chi connectivity index (χ3v) is 5.82. The highest BCUT2D eigenvalue weighted by Crippen LogP contribution is 2.27. The minimum Gasteiger partial charge on any atom is -0.324 e. The van der Waals surface area contributed by atoms with Crippen molar-refractivity contribution in [3.8, 4) is 10.6 Å². The summed E-state index contributed by atoms with van der Waals surface area (Å²) in [5.41, 5.74) is 2.39. The van der Waals surface area contributed by atoms with Crippen LogP contribution in [0.5, 0.6) is 0 Å². The van der Waals surface area contributed by atoms with Crippen molar-refractivity contribution in [1.29, 1.82) is 0 Å². The van der Waals surface area contributed by atoms with E-state index in [9.17, 15) is 4.79 Å². The smallest absolute Gasteiger partial charge is 0.323 e. The lowest BCUT2D eigenvalue weighted by Crippen LogP contribution is -2.41. The molecule has 4 rings (SSSR count). The van der Waals surface area contributed by atoms with E-state index in [1.165, 1.54) is 16.9 Å². The van der Waals surface area contributed by atoms with Gasteiger partial charge in [-0.25, -0.2) is 4.79 Å². The zero-order valence-electron chi connectivity index (χ0n) is 15.0. The first-order valence-corrected chi connectivity index (χ1v) is 10.1. The second-order valence-electron chi connectivity index (χ2n) is 6.83. The first kappa shape index (κ1) is 17.7. The van der Waals surface area contributed by atoms with Crippen LogP contribution in [-0.4, -0.2) is 34.2 Å². The summed E-state index contributed by atoms with van der Waals surface area (Å²) in [5, 5.41) is 12.5. The number of anilines is 1. The van der Waals surface area contributed by atoms with Crippen LogP contribution in [0.3, 0.4) is 0 Å². The largest absolute Gasteiger partial charge is 0.324 e. The van der Waals surface area contributed by atoms with Gasteiger partial charge >= 0.3 is 6.03 Å². The molecule has 5 nitrogen and oxygen atoms in total. The molecule has 0 saturated carbocycles. The number of rotatable bonds is 4. The average molecular weight is 379 g/mol. The molecule has 6 heteroatoms. The van der Waals surface area contributed by atoms with Gasteiger partial charge in [-0.2, -0.15) is 0 Å². The highest BCUT2D eigenvalue weighted by molar-refractivity contribution is 7.18. The summed E-state index contributed by atoms with van der Waals surface area (Å²) in [4.78, 5) is 14.4. The third kappa shape index (κ3) is 4.52. The number of nitrogens with zero attached hydrogens (tertiary/aromatic N) is 3. The molecule has 2 amide bonds. The summed E-state index contributed by atoms with van der Waals surface area (Å²) >= 11 is 1.40. The minimum absolute atomic E-state index is 0.0797. The van der Waals surface area contributed by atoms with E-state index in [1.807, 2.05) is 41.3 Å². The van der Waals surface area contributed by atoms with Crippen LogP contribution in [-0.2, 0) is 6.42 Å². The Kier molecular flexibility index (Phi) is 5.44. The van der Waals surface area contributed by atoms with E-state index in [0.717, 1.165) is 42.9 Å². The summed E-state index contributed by atoms with van der Waals surface area (Å²) in [6, 6.07) is 20.4. The van der Waals surface area contributed by atoms with Gasteiger partial charge in [-0.3, -0.25) is 5.32 Å². The molecule has 1 aliphatic heterocycles. The Morgan fingerprint density at radius 1 is 1.00 bits per heavy atom. The minimum atomic E-state index is -0.0797. The number of aromatic nitrogens is 2. The Morgan fingerprint density at radius 3 is 2.37 bits per heavy atom. The van der Waals surface area contributed by atoms with E-state index in [4.69, 9.17) is 0 Å². The highest BCUT2D eigenvalue weighted by atomic mass is 32.1. The number of likely N-dealkylation sites (tertiary alicyclic amines) is 1. The summed E-state index contributed by atoms with van der Waals surface area (Å²) < 4.78 is 0. The van der Waals surface area contributed by atoms with Crippen LogP contribution >= 0.6 is 11.3 Å². The van der Waals surface area contributed by atoms with Crippen molar-refractivity contribution >= 4 is 22.5 Å². The lowest BCUT2D eigenvalue weighted by molar-refractivity contribution is 0.182. The fraction of sp³-hybridized carbons (Fsp3) is 0.286. The van der Waals surface area contributed by atoms with Crippen LogP contribution in [0.15, 0.2) is 60.7 Å². The van der Waals surface area contributed by atoms with Gasteiger partial charge in [-0.1, -0.05) is 72.0 Å². The van der Waals surface area contributed by atoms with E-state index in [2.05, 4.69) is 39.8 Å². The summed E-state index contributed by atoms with van der Waals surface area (Å²) in [5.74, 6) is 0.641. The van der Waals surface area contributed by atoms with Crippen molar-refractivity contribution in [2.45, 2.75) is 19.3 Å². The van der Waals surface area contributed by atoms with E-state index in [1.54, 1.807) is 0 Å². The molecule has 0 radical (unpaired) electrons. The quantitative estimate of drug-likeness (QED) is 0.716. The van der Waals surface area contributed by atoms with Crippen LogP contribution < -0.4 is 5.32 Å².